The van der Waals surface area contributed by atoms with Crippen LogP contribution in [0.4, 0.5) is 5.69 Å². The molecule has 0 aliphatic heterocycles. The first-order valence-corrected chi connectivity index (χ1v) is 10.5. The Balaban J connectivity index is 1.67. The molecule has 1 unspecified atom stereocenters. The van der Waals surface area contributed by atoms with E-state index in [2.05, 4.69) is 10.0 Å². The predicted octanol–water partition coefficient (Wildman–Crippen LogP) is 4.63. The second kappa shape index (κ2) is 8.46. The average Bonchev–Trinajstić information content (AvgIpc) is 2.69. The Hall–Kier alpha value is -2.83. The van der Waals surface area contributed by atoms with Crippen LogP contribution in [0.1, 0.15) is 28.9 Å². The summed E-state index contributed by atoms with van der Waals surface area (Å²) in [6.07, 6.45) is 0. The van der Waals surface area contributed by atoms with Crippen LogP contribution in [0.3, 0.4) is 0 Å². The van der Waals surface area contributed by atoms with Crippen LogP contribution in [-0.4, -0.2) is 14.3 Å². The molecule has 0 saturated carbocycles. The molecule has 2 N–H and O–H groups in total. The number of hydrogen-bond donors (Lipinski definition) is 2. The number of carbonyl (C=O) groups is 1. The van der Waals surface area contributed by atoms with Crippen LogP contribution in [0.15, 0.2) is 83.8 Å². The average molecular weight is 415 g/mol. The van der Waals surface area contributed by atoms with E-state index in [9.17, 15) is 13.2 Å². The Bertz CT molecular complexity index is 1070. The van der Waals surface area contributed by atoms with Crippen molar-refractivity contribution in [3.05, 3.63) is 95.0 Å². The largest absolute Gasteiger partial charge is 0.346 e. The third-order valence-electron chi connectivity index (χ3n) is 4.15. The van der Waals surface area contributed by atoms with Gasteiger partial charge in [0.1, 0.15) is 0 Å². The Morgan fingerprint density at radius 1 is 0.929 bits per heavy atom. The van der Waals surface area contributed by atoms with Crippen molar-refractivity contribution in [2.45, 2.75) is 17.9 Å². The van der Waals surface area contributed by atoms with Gasteiger partial charge in [-0.3, -0.25) is 9.52 Å². The molecular formula is C21H19ClN2O3S. The summed E-state index contributed by atoms with van der Waals surface area (Å²) in [5, 5.41) is 3.50. The van der Waals surface area contributed by atoms with Crippen LogP contribution in [-0.2, 0) is 10.0 Å². The summed E-state index contributed by atoms with van der Waals surface area (Å²) >= 11 is 5.99. The van der Waals surface area contributed by atoms with Crippen molar-refractivity contribution in [1.29, 1.82) is 0 Å². The molecule has 0 aromatic heterocycles. The van der Waals surface area contributed by atoms with Gasteiger partial charge in [0, 0.05) is 16.3 Å². The van der Waals surface area contributed by atoms with E-state index in [1.807, 2.05) is 19.1 Å². The molecule has 0 bridgehead atoms. The molecule has 0 fully saturated rings. The van der Waals surface area contributed by atoms with Gasteiger partial charge in [0.05, 0.1) is 10.9 Å². The highest BCUT2D eigenvalue weighted by Crippen LogP contribution is 2.19. The molecule has 1 atom stereocenters. The SMILES string of the molecule is CC(NC(=O)c1ccc(NS(=O)(=O)c2ccccc2)cc1)c1cccc(Cl)c1. The second-order valence-corrected chi connectivity index (χ2v) is 8.36. The van der Waals surface area contributed by atoms with E-state index >= 15 is 0 Å². The number of hydrogen-bond acceptors (Lipinski definition) is 3. The zero-order chi connectivity index (χ0) is 20.1. The molecule has 3 aromatic rings. The summed E-state index contributed by atoms with van der Waals surface area (Å²) in [6.45, 7) is 1.87. The van der Waals surface area contributed by atoms with E-state index < -0.39 is 10.0 Å². The van der Waals surface area contributed by atoms with Gasteiger partial charge >= 0.3 is 0 Å². The second-order valence-electron chi connectivity index (χ2n) is 6.25. The molecule has 3 aromatic carbocycles. The summed E-state index contributed by atoms with van der Waals surface area (Å²) in [6, 6.07) is 21.4. The number of nitrogens with one attached hydrogen (secondary N) is 2. The first-order chi connectivity index (χ1) is 13.3. The highest BCUT2D eigenvalue weighted by molar-refractivity contribution is 7.92. The maximum Gasteiger partial charge on any atom is 0.261 e. The van der Waals surface area contributed by atoms with Crippen LogP contribution in [0.5, 0.6) is 0 Å². The topological polar surface area (TPSA) is 75.3 Å². The highest BCUT2D eigenvalue weighted by Gasteiger charge is 2.15. The van der Waals surface area contributed by atoms with Crippen LogP contribution in [0, 0.1) is 0 Å². The number of anilines is 1. The van der Waals surface area contributed by atoms with Gasteiger partial charge in [0.25, 0.3) is 15.9 Å². The lowest BCUT2D eigenvalue weighted by Crippen LogP contribution is -2.26. The van der Waals surface area contributed by atoms with E-state index in [0.717, 1.165) is 5.56 Å². The molecule has 0 aliphatic rings. The molecular weight excluding hydrogens is 396 g/mol. The van der Waals surface area contributed by atoms with Crippen LogP contribution in [0.25, 0.3) is 0 Å². The molecule has 0 aliphatic carbocycles. The zero-order valence-corrected chi connectivity index (χ0v) is 16.7. The Morgan fingerprint density at radius 3 is 2.25 bits per heavy atom. The van der Waals surface area contributed by atoms with E-state index in [-0.39, 0.29) is 16.8 Å². The summed E-state index contributed by atoms with van der Waals surface area (Å²) in [5.74, 6) is -0.259. The fourth-order valence-electron chi connectivity index (χ4n) is 2.64. The van der Waals surface area contributed by atoms with Crippen molar-refractivity contribution >= 4 is 33.2 Å². The molecule has 0 radical (unpaired) electrons. The molecule has 0 saturated heterocycles. The van der Waals surface area contributed by atoms with Crippen molar-refractivity contribution in [2.24, 2.45) is 0 Å². The quantitative estimate of drug-likeness (QED) is 0.617. The monoisotopic (exact) mass is 414 g/mol. The minimum Gasteiger partial charge on any atom is -0.346 e. The Kier molecular flexibility index (Phi) is 6.02. The molecule has 0 spiro atoms. The van der Waals surface area contributed by atoms with Gasteiger partial charge < -0.3 is 5.32 Å². The minimum absolute atomic E-state index is 0.173. The van der Waals surface area contributed by atoms with Gasteiger partial charge in [-0.1, -0.05) is 41.9 Å². The third kappa shape index (κ3) is 4.91. The van der Waals surface area contributed by atoms with Crippen LogP contribution < -0.4 is 10.0 Å². The van der Waals surface area contributed by atoms with Crippen molar-refractivity contribution in [2.75, 3.05) is 4.72 Å². The first-order valence-electron chi connectivity index (χ1n) is 8.59. The maximum absolute atomic E-state index is 12.4. The van der Waals surface area contributed by atoms with Gasteiger partial charge in [-0.25, -0.2) is 8.42 Å². The van der Waals surface area contributed by atoms with Crippen molar-refractivity contribution in [3.8, 4) is 0 Å². The summed E-state index contributed by atoms with van der Waals surface area (Å²) in [7, 11) is -3.67. The summed E-state index contributed by atoms with van der Waals surface area (Å²) in [4.78, 5) is 12.6. The van der Waals surface area contributed by atoms with Crippen molar-refractivity contribution in [3.63, 3.8) is 0 Å². The van der Waals surface area contributed by atoms with Crippen LogP contribution in [0.2, 0.25) is 5.02 Å². The van der Waals surface area contributed by atoms with E-state index in [4.69, 9.17) is 11.6 Å². The van der Waals surface area contributed by atoms with Gasteiger partial charge in [-0.15, -0.1) is 0 Å². The normalized spacial score (nSPS) is 12.2. The molecule has 0 heterocycles. The zero-order valence-electron chi connectivity index (χ0n) is 15.1. The molecule has 1 amide bonds. The van der Waals surface area contributed by atoms with E-state index in [1.54, 1.807) is 54.6 Å². The number of rotatable bonds is 6. The number of carbonyl (C=O) groups excluding carboxylic acids is 1. The Morgan fingerprint density at radius 2 is 1.61 bits per heavy atom. The van der Waals surface area contributed by atoms with Crippen molar-refractivity contribution < 1.29 is 13.2 Å². The number of benzene rings is 3. The maximum atomic E-state index is 12.4. The van der Waals surface area contributed by atoms with Crippen LogP contribution >= 0.6 is 11.6 Å². The third-order valence-corrected chi connectivity index (χ3v) is 5.78. The number of amides is 1. The Labute approximate surface area is 169 Å². The number of sulfonamides is 1. The van der Waals surface area contributed by atoms with E-state index in [0.29, 0.717) is 16.3 Å². The lowest BCUT2D eigenvalue weighted by Gasteiger charge is -2.15. The van der Waals surface area contributed by atoms with Gasteiger partial charge in [0.15, 0.2) is 0 Å². The lowest BCUT2D eigenvalue weighted by molar-refractivity contribution is 0.0940. The fourth-order valence-corrected chi connectivity index (χ4v) is 3.92. The van der Waals surface area contributed by atoms with Gasteiger partial charge in [-0.2, -0.15) is 0 Å². The molecule has 5 nitrogen and oxygen atoms in total. The smallest absolute Gasteiger partial charge is 0.261 e. The summed E-state index contributed by atoms with van der Waals surface area (Å²) in [5.41, 5.74) is 1.70. The fraction of sp³-hybridized carbons (Fsp3) is 0.0952. The first kappa shape index (κ1) is 19.9. The standard InChI is InChI=1S/C21H19ClN2O3S/c1-15(17-6-5-7-18(22)14-17)23-21(25)16-10-12-19(13-11-16)24-28(26,27)20-8-3-2-4-9-20/h2-15,24H,1H3,(H,23,25). The van der Waals surface area contributed by atoms with Gasteiger partial charge in [0.2, 0.25) is 0 Å². The molecule has 28 heavy (non-hydrogen) atoms. The van der Waals surface area contributed by atoms with Crippen molar-refractivity contribution in [1.82, 2.24) is 5.32 Å². The minimum atomic E-state index is -3.67. The highest BCUT2D eigenvalue weighted by atomic mass is 35.5. The lowest BCUT2D eigenvalue weighted by atomic mass is 10.1. The predicted molar refractivity (Wildman–Crippen MR) is 111 cm³/mol. The summed E-state index contributed by atoms with van der Waals surface area (Å²) < 4.78 is 27.2. The molecule has 7 heteroatoms. The molecule has 3 rings (SSSR count). The van der Waals surface area contributed by atoms with Gasteiger partial charge in [-0.05, 0) is 61.0 Å². The van der Waals surface area contributed by atoms with E-state index in [1.165, 1.54) is 12.1 Å². The molecule has 144 valence electrons. The number of halogens is 1.